The van der Waals surface area contributed by atoms with Gasteiger partial charge in [-0.1, -0.05) is 342 Å². The fraction of sp³-hybridized carbons (Fsp3) is 0.424. The van der Waals surface area contributed by atoms with E-state index in [4.69, 9.17) is 4.98 Å². The maximum atomic E-state index is 5.99. The largest absolute Gasteiger partial charge is 0.246 e. The van der Waals surface area contributed by atoms with Crippen molar-refractivity contribution in [2.24, 2.45) is 11.3 Å². The number of benzene rings is 7. The number of aryl methyl sites for hydroxylation is 1. The molecule has 8 rings (SSSR count). The number of nitrogens with zero attached hydrogens (tertiary/aromatic N) is 1. The molecule has 454 valence electrons. The lowest BCUT2D eigenvalue weighted by Gasteiger charge is -2.25. The molecule has 86 heavy (non-hydrogen) atoms. The molecule has 1 nitrogen and oxygen atoms in total. The van der Waals surface area contributed by atoms with Gasteiger partial charge in [-0.05, 0) is 146 Å². The molecule has 0 aliphatic rings. The van der Waals surface area contributed by atoms with Crippen LogP contribution >= 0.6 is 0 Å². The first kappa shape index (κ1) is 66.9. The molecule has 0 saturated heterocycles. The molecule has 0 aliphatic heterocycles. The van der Waals surface area contributed by atoms with Crippen LogP contribution in [0.4, 0.5) is 0 Å². The third-order valence-corrected chi connectivity index (χ3v) is 18.1. The van der Waals surface area contributed by atoms with Crippen LogP contribution in [0.2, 0.25) is 0 Å². The summed E-state index contributed by atoms with van der Waals surface area (Å²) in [5.41, 5.74) is 21.6. The fourth-order valence-corrected chi connectivity index (χ4v) is 12.4. The van der Waals surface area contributed by atoms with E-state index in [-0.39, 0.29) is 10.8 Å². The molecule has 0 amide bonds. The molecule has 0 fully saturated rings. The molecule has 0 aliphatic carbocycles. The predicted octanol–water partition coefficient (Wildman–Crippen LogP) is 26.9. The number of pyridine rings is 1. The van der Waals surface area contributed by atoms with E-state index < -0.39 is 0 Å². The van der Waals surface area contributed by atoms with Crippen molar-refractivity contribution in [2.75, 3.05) is 0 Å². The maximum Gasteiger partial charge on any atom is 0.0794 e. The number of fused-ring (bicyclic) bond motifs is 3. The molecule has 1 heteroatoms. The second-order valence-electron chi connectivity index (χ2n) is 27.3. The van der Waals surface area contributed by atoms with Crippen LogP contribution in [0, 0.1) is 18.3 Å². The van der Waals surface area contributed by atoms with Gasteiger partial charge in [0.15, 0.2) is 0 Å². The van der Waals surface area contributed by atoms with Crippen LogP contribution in [-0.2, 0) is 11.8 Å². The Bertz CT molecular complexity index is 3580. The molecular weight excluding hydrogens is 1030 g/mol. The third kappa shape index (κ3) is 17.8. The molecule has 0 radical (unpaired) electrons. The Morgan fingerprint density at radius 2 is 1.01 bits per heavy atom. The van der Waals surface area contributed by atoms with Crippen molar-refractivity contribution >= 4 is 49.2 Å². The lowest BCUT2D eigenvalue weighted by molar-refractivity contribution is 0.400. The molecule has 0 bridgehead atoms. The Labute approximate surface area is 523 Å². The first-order valence-corrected chi connectivity index (χ1v) is 33.8. The molecule has 8 aromatic rings. The number of rotatable bonds is 26. The summed E-state index contributed by atoms with van der Waals surface area (Å²) in [6, 6.07) is 52.9. The molecule has 0 saturated carbocycles. The van der Waals surface area contributed by atoms with Crippen molar-refractivity contribution in [2.45, 2.75) is 225 Å². The van der Waals surface area contributed by atoms with Crippen LogP contribution < -0.4 is 0 Å². The average molecular weight is 1140 g/mol. The average Bonchev–Trinajstić information content (AvgIpc) is 0.905. The summed E-state index contributed by atoms with van der Waals surface area (Å²) in [6.07, 6.45) is 32.8. The summed E-state index contributed by atoms with van der Waals surface area (Å²) in [5, 5.41) is 6.04. The van der Waals surface area contributed by atoms with Gasteiger partial charge in [0, 0.05) is 22.1 Å². The number of aromatic nitrogens is 1. The van der Waals surface area contributed by atoms with Gasteiger partial charge in [0.05, 0.1) is 11.2 Å². The van der Waals surface area contributed by atoms with E-state index in [1.807, 2.05) is 0 Å². The standard InChI is InChI=1S/C82H101N.C3H8/c1-14-17-19-21-23-25-34-62(35-26-24-22-20-18-15-2)55-67-56-68(82(11,12)13)49-51-73(67)70-50-48-66(54-60(70)6)58(4)45-47-63(33-16-3)74-53-52-69(59(5)44-46-61(7)81(8,9)10)77-57-78(75-42-31-38-64-36-27-29-40-71(64)75)80(83-79(74)77)76-43-32-39-65-37-28-30-41-72(65)76;1-3-2/h27-32,36-54,56-57,62H,14-26,33-35,55H2,1-13H3;3H2,1-2H3/b58-45+,59-44+,61-46+,63-47+;. The summed E-state index contributed by atoms with van der Waals surface area (Å²) < 4.78 is 0. The molecule has 1 heterocycles. The van der Waals surface area contributed by atoms with Crippen molar-refractivity contribution in [3.05, 3.63) is 203 Å². The van der Waals surface area contributed by atoms with Gasteiger partial charge in [-0.15, -0.1) is 0 Å². The van der Waals surface area contributed by atoms with Crippen LogP contribution in [-0.4, -0.2) is 4.98 Å². The van der Waals surface area contributed by atoms with Crippen LogP contribution in [0.1, 0.15) is 239 Å². The van der Waals surface area contributed by atoms with Crippen molar-refractivity contribution in [1.82, 2.24) is 4.98 Å². The van der Waals surface area contributed by atoms with Crippen molar-refractivity contribution in [3.8, 4) is 33.5 Å². The molecule has 7 aromatic carbocycles. The second-order valence-corrected chi connectivity index (χ2v) is 27.3. The highest BCUT2D eigenvalue weighted by atomic mass is 14.7. The summed E-state index contributed by atoms with van der Waals surface area (Å²) >= 11 is 0. The Balaban J connectivity index is 0.00000345. The van der Waals surface area contributed by atoms with Crippen molar-refractivity contribution in [3.63, 3.8) is 0 Å². The zero-order chi connectivity index (χ0) is 61.8. The minimum Gasteiger partial charge on any atom is -0.246 e. The van der Waals surface area contributed by atoms with Gasteiger partial charge in [0.1, 0.15) is 0 Å². The number of allylic oxidation sites excluding steroid dienone is 8. The first-order chi connectivity index (χ1) is 41.4. The van der Waals surface area contributed by atoms with E-state index in [1.54, 1.807) is 0 Å². The molecule has 0 N–H and O–H groups in total. The highest BCUT2D eigenvalue weighted by Crippen LogP contribution is 2.44. The van der Waals surface area contributed by atoms with Crippen LogP contribution in [0.25, 0.3) is 82.7 Å². The van der Waals surface area contributed by atoms with E-state index >= 15 is 0 Å². The van der Waals surface area contributed by atoms with Crippen molar-refractivity contribution < 1.29 is 0 Å². The van der Waals surface area contributed by atoms with E-state index in [9.17, 15) is 0 Å². The predicted molar refractivity (Wildman–Crippen MR) is 385 cm³/mol. The SMILES string of the molecule is CCC.CCCCCCCCC(CCCCCCCC)Cc1cc(C(C)(C)C)ccc1-c1ccc(/C(C)=C/C=C(\CCC)c2ccc(/C(C)=C/C=C(\C)C(C)(C)C)c3cc(-c4cccc5ccccc45)c(-c4cccc5ccccc45)nc23)cc1C. The van der Waals surface area contributed by atoms with Crippen molar-refractivity contribution in [1.29, 1.82) is 0 Å². The van der Waals surface area contributed by atoms with Gasteiger partial charge < -0.3 is 0 Å². The minimum atomic E-state index is 0.0797. The van der Waals surface area contributed by atoms with Gasteiger partial charge in [-0.25, -0.2) is 4.98 Å². The lowest BCUT2D eigenvalue weighted by atomic mass is 9.80. The molecule has 0 unspecified atom stereocenters. The molecule has 0 spiro atoms. The van der Waals surface area contributed by atoms with Crippen LogP contribution in [0.15, 0.2) is 169 Å². The Morgan fingerprint density at radius 1 is 0.465 bits per heavy atom. The second kappa shape index (κ2) is 32.4. The van der Waals surface area contributed by atoms with E-state index in [0.29, 0.717) is 0 Å². The van der Waals surface area contributed by atoms with E-state index in [0.717, 1.165) is 47.5 Å². The highest BCUT2D eigenvalue weighted by molar-refractivity contribution is 6.09. The van der Waals surface area contributed by atoms with Gasteiger partial charge in [0.2, 0.25) is 0 Å². The van der Waals surface area contributed by atoms with E-state index in [2.05, 4.69) is 268 Å². The lowest BCUT2D eigenvalue weighted by Crippen LogP contribution is -2.13. The van der Waals surface area contributed by atoms with Crippen LogP contribution in [0.5, 0.6) is 0 Å². The Kier molecular flexibility index (Phi) is 25.2. The van der Waals surface area contributed by atoms with Gasteiger partial charge >= 0.3 is 0 Å². The van der Waals surface area contributed by atoms with Gasteiger partial charge in [-0.2, -0.15) is 0 Å². The number of hydrogen-bond acceptors (Lipinski definition) is 1. The molecule has 1 aromatic heterocycles. The summed E-state index contributed by atoms with van der Waals surface area (Å²) in [7, 11) is 0. The van der Waals surface area contributed by atoms with E-state index in [1.165, 1.54) is 196 Å². The fourth-order valence-electron chi connectivity index (χ4n) is 12.4. The first-order valence-electron chi connectivity index (χ1n) is 33.8. The monoisotopic (exact) mass is 1140 g/mol. The minimum absolute atomic E-state index is 0.0797. The quantitative estimate of drug-likeness (QED) is 0.0389. The Morgan fingerprint density at radius 3 is 1.60 bits per heavy atom. The zero-order valence-corrected chi connectivity index (χ0v) is 56.3. The summed E-state index contributed by atoms with van der Waals surface area (Å²) in [6.45, 7) is 34.4. The summed E-state index contributed by atoms with van der Waals surface area (Å²) in [5.74, 6) is 0.718. The summed E-state index contributed by atoms with van der Waals surface area (Å²) in [4.78, 5) is 5.99. The normalized spacial score (nSPS) is 12.9. The molecular formula is C85H109N. The van der Waals surface area contributed by atoms with Crippen LogP contribution in [0.3, 0.4) is 0 Å². The smallest absolute Gasteiger partial charge is 0.0794 e. The number of hydrogen-bond donors (Lipinski definition) is 0. The topological polar surface area (TPSA) is 12.9 Å². The van der Waals surface area contributed by atoms with Gasteiger partial charge in [-0.3, -0.25) is 0 Å². The Hall–Kier alpha value is -6.57. The highest BCUT2D eigenvalue weighted by Gasteiger charge is 2.23. The van der Waals surface area contributed by atoms with Gasteiger partial charge in [0.25, 0.3) is 0 Å². The number of unbranched alkanes of at least 4 members (excludes halogenated alkanes) is 10. The molecule has 0 atom stereocenters. The third-order valence-electron chi connectivity index (χ3n) is 18.1. The maximum absolute atomic E-state index is 5.99. The zero-order valence-electron chi connectivity index (χ0n) is 56.3.